The monoisotopic (exact) mass is 418 g/mol. The molecular weight excluding hydrogens is 390 g/mol. The molecule has 1 aliphatic rings. The SMILES string of the molecule is CC(=O)NC(C)(C)[C@H]1O[C@@]([Si])(n2cnc3c(N)ncnc32)[C@H](OC(C)(C)C)[C@@H]1N. The number of imidazole rings is 1. The first kappa shape index (κ1) is 21.6. The van der Waals surface area contributed by atoms with Gasteiger partial charge in [-0.2, -0.15) is 0 Å². The van der Waals surface area contributed by atoms with Crippen molar-refractivity contribution in [1.29, 1.82) is 0 Å². The number of rotatable bonds is 4. The van der Waals surface area contributed by atoms with Crippen molar-refractivity contribution < 1.29 is 14.3 Å². The third kappa shape index (κ3) is 3.87. The van der Waals surface area contributed by atoms with Crippen LogP contribution in [-0.4, -0.2) is 65.1 Å². The van der Waals surface area contributed by atoms with E-state index in [9.17, 15) is 4.79 Å². The molecule has 29 heavy (non-hydrogen) atoms. The predicted octanol–water partition coefficient (Wildman–Crippen LogP) is 0.0118. The van der Waals surface area contributed by atoms with Crippen LogP contribution in [0, 0.1) is 0 Å². The molecule has 3 radical (unpaired) electrons. The van der Waals surface area contributed by atoms with Crippen LogP contribution in [0.3, 0.4) is 0 Å². The second-order valence-electron chi connectivity index (χ2n) is 8.91. The van der Waals surface area contributed by atoms with Crippen molar-refractivity contribution in [1.82, 2.24) is 24.8 Å². The van der Waals surface area contributed by atoms with Gasteiger partial charge in [-0.25, -0.2) is 15.0 Å². The number of anilines is 1. The second kappa shape index (κ2) is 7.01. The molecule has 2 aromatic heterocycles. The lowest BCUT2D eigenvalue weighted by Crippen LogP contribution is -2.59. The maximum Gasteiger partial charge on any atom is 0.217 e. The van der Waals surface area contributed by atoms with Crippen LogP contribution in [-0.2, 0) is 19.6 Å². The summed E-state index contributed by atoms with van der Waals surface area (Å²) in [5, 5.41) is 1.68. The van der Waals surface area contributed by atoms with Gasteiger partial charge in [0.15, 0.2) is 16.8 Å². The van der Waals surface area contributed by atoms with Crippen LogP contribution in [0.2, 0.25) is 0 Å². The lowest BCUT2D eigenvalue weighted by Gasteiger charge is -2.37. The van der Waals surface area contributed by atoms with Crippen molar-refractivity contribution in [3.8, 4) is 0 Å². The topological polar surface area (TPSA) is 143 Å². The van der Waals surface area contributed by atoms with E-state index in [1.807, 2.05) is 34.6 Å². The van der Waals surface area contributed by atoms with Crippen molar-refractivity contribution >= 4 is 33.1 Å². The molecule has 1 amide bonds. The van der Waals surface area contributed by atoms with Crippen LogP contribution >= 0.6 is 0 Å². The lowest BCUT2D eigenvalue weighted by molar-refractivity contribution is -0.145. The van der Waals surface area contributed by atoms with E-state index in [0.29, 0.717) is 11.2 Å². The molecular formula is C18H28N7O3Si. The van der Waals surface area contributed by atoms with Crippen LogP contribution in [0.5, 0.6) is 0 Å². The molecule has 0 unspecified atom stereocenters. The van der Waals surface area contributed by atoms with Gasteiger partial charge < -0.3 is 26.3 Å². The Morgan fingerprint density at radius 3 is 2.55 bits per heavy atom. The number of carbonyl (C=O) groups is 1. The molecule has 0 aliphatic carbocycles. The molecule has 11 heteroatoms. The summed E-state index contributed by atoms with van der Waals surface area (Å²) >= 11 is 0. The predicted molar refractivity (Wildman–Crippen MR) is 109 cm³/mol. The number of carbonyl (C=O) groups excluding carboxylic acids is 1. The van der Waals surface area contributed by atoms with Gasteiger partial charge in [0.1, 0.15) is 34.3 Å². The van der Waals surface area contributed by atoms with Gasteiger partial charge in [-0.3, -0.25) is 9.36 Å². The average molecular weight is 419 g/mol. The Kier molecular flexibility index (Phi) is 5.22. The smallest absolute Gasteiger partial charge is 0.217 e. The quantitative estimate of drug-likeness (QED) is 0.589. The Labute approximate surface area is 173 Å². The molecule has 157 valence electrons. The number of hydrogen-bond acceptors (Lipinski definition) is 8. The summed E-state index contributed by atoms with van der Waals surface area (Å²) in [4.78, 5) is 24.4. The molecule has 0 spiro atoms. The van der Waals surface area contributed by atoms with E-state index in [2.05, 4.69) is 30.5 Å². The number of aromatic nitrogens is 4. The molecule has 1 fully saturated rings. The molecule has 1 aliphatic heterocycles. The first-order chi connectivity index (χ1) is 13.3. The highest BCUT2D eigenvalue weighted by Gasteiger charge is 2.58. The average Bonchev–Trinajstić information content (AvgIpc) is 3.10. The Balaban J connectivity index is 2.12. The van der Waals surface area contributed by atoms with Crippen LogP contribution in [0.25, 0.3) is 11.2 Å². The lowest BCUT2D eigenvalue weighted by atomic mass is 9.90. The van der Waals surface area contributed by atoms with Crippen LogP contribution in [0.15, 0.2) is 12.7 Å². The number of hydrogen-bond donors (Lipinski definition) is 3. The summed E-state index contributed by atoms with van der Waals surface area (Å²) in [6.45, 7) is 11.0. The van der Waals surface area contributed by atoms with Gasteiger partial charge in [-0.1, -0.05) is 0 Å². The highest BCUT2D eigenvalue weighted by Crippen LogP contribution is 2.41. The van der Waals surface area contributed by atoms with Gasteiger partial charge in [0.2, 0.25) is 5.91 Å². The second-order valence-corrected chi connectivity index (χ2v) is 9.63. The zero-order chi connectivity index (χ0) is 21.8. The highest BCUT2D eigenvalue weighted by atomic mass is 28.1. The molecule has 3 heterocycles. The number of amides is 1. The molecule has 5 N–H and O–H groups in total. The minimum Gasteiger partial charge on any atom is -0.382 e. The molecule has 1 saturated heterocycles. The Hall–Kier alpha value is -2.08. The summed E-state index contributed by atoms with van der Waals surface area (Å²) < 4.78 is 14.5. The van der Waals surface area contributed by atoms with E-state index in [0.717, 1.165) is 0 Å². The van der Waals surface area contributed by atoms with E-state index >= 15 is 0 Å². The van der Waals surface area contributed by atoms with Crippen LogP contribution in [0.4, 0.5) is 5.82 Å². The van der Waals surface area contributed by atoms with E-state index < -0.39 is 34.7 Å². The minimum atomic E-state index is -1.23. The molecule has 0 saturated carbocycles. The molecule has 10 nitrogen and oxygen atoms in total. The zero-order valence-electron chi connectivity index (χ0n) is 17.6. The number of nitrogens with zero attached hydrogens (tertiary/aromatic N) is 4. The Bertz CT molecular complexity index is 926. The zero-order valence-corrected chi connectivity index (χ0v) is 18.6. The largest absolute Gasteiger partial charge is 0.382 e. The summed E-state index contributed by atoms with van der Waals surface area (Å²) in [7, 11) is 3.79. The van der Waals surface area contributed by atoms with Gasteiger partial charge in [0.25, 0.3) is 0 Å². The first-order valence-electron chi connectivity index (χ1n) is 9.35. The minimum absolute atomic E-state index is 0.181. The molecule has 0 bridgehead atoms. The third-order valence-electron chi connectivity index (χ3n) is 4.80. The van der Waals surface area contributed by atoms with E-state index in [-0.39, 0.29) is 11.7 Å². The maximum atomic E-state index is 11.7. The molecule has 2 aromatic rings. The fourth-order valence-electron chi connectivity index (χ4n) is 3.74. The van der Waals surface area contributed by atoms with Gasteiger partial charge >= 0.3 is 0 Å². The van der Waals surface area contributed by atoms with Gasteiger partial charge in [-0.15, -0.1) is 0 Å². The molecule has 4 atom stereocenters. The van der Waals surface area contributed by atoms with E-state index in [1.165, 1.54) is 13.3 Å². The van der Waals surface area contributed by atoms with Gasteiger partial charge in [-0.05, 0) is 34.6 Å². The van der Waals surface area contributed by atoms with Crippen LogP contribution < -0.4 is 16.8 Å². The summed E-state index contributed by atoms with van der Waals surface area (Å²) in [6, 6.07) is -0.579. The van der Waals surface area contributed by atoms with E-state index in [4.69, 9.17) is 20.9 Å². The number of nitrogen functional groups attached to an aromatic ring is 1. The van der Waals surface area contributed by atoms with Crippen molar-refractivity contribution in [2.24, 2.45) is 5.73 Å². The Morgan fingerprint density at radius 2 is 1.97 bits per heavy atom. The number of nitrogens with two attached hydrogens (primary N) is 2. The highest BCUT2D eigenvalue weighted by molar-refractivity contribution is 6.14. The summed E-state index contributed by atoms with van der Waals surface area (Å²) in [5.74, 6) is 0.0777. The standard InChI is InChI=1S/C18H28N7O3Si/c1-9(26)24-17(5,6)12-10(19)13(27-16(2,3)4)18(29,28-12)25-8-23-11-14(20)21-7-22-15(11)25/h7-8,10,12-13H,19H2,1-6H3,(H,24,26)(H2,20,21,22)/t10-,12+,13-,18+/m1/s1. The number of ether oxygens (including phenoxy) is 2. The molecule has 3 rings (SSSR count). The first-order valence-corrected chi connectivity index (χ1v) is 9.85. The number of fused-ring (bicyclic) bond motifs is 1. The van der Waals surface area contributed by atoms with Crippen molar-refractivity contribution in [3.63, 3.8) is 0 Å². The van der Waals surface area contributed by atoms with Gasteiger partial charge in [0.05, 0.1) is 23.5 Å². The van der Waals surface area contributed by atoms with Crippen molar-refractivity contribution in [2.75, 3.05) is 5.73 Å². The Morgan fingerprint density at radius 1 is 1.31 bits per heavy atom. The fourth-order valence-corrected chi connectivity index (χ4v) is 4.28. The number of nitrogens with one attached hydrogen (secondary N) is 1. The maximum absolute atomic E-state index is 11.7. The normalized spacial score (nSPS) is 28.1. The van der Waals surface area contributed by atoms with Crippen LogP contribution in [0.1, 0.15) is 41.5 Å². The third-order valence-corrected chi connectivity index (χ3v) is 5.44. The molecule has 0 aromatic carbocycles. The van der Waals surface area contributed by atoms with Crippen molar-refractivity contribution in [2.45, 2.75) is 76.3 Å². The van der Waals surface area contributed by atoms with Crippen molar-refractivity contribution in [3.05, 3.63) is 12.7 Å². The van der Waals surface area contributed by atoms with Gasteiger partial charge in [0, 0.05) is 6.92 Å². The fraction of sp³-hybridized carbons (Fsp3) is 0.667. The van der Waals surface area contributed by atoms with E-state index in [1.54, 1.807) is 10.9 Å². The summed E-state index contributed by atoms with van der Waals surface area (Å²) in [5.41, 5.74) is 12.2. The summed E-state index contributed by atoms with van der Waals surface area (Å²) in [6.07, 6.45) is 1.71.